The Morgan fingerprint density at radius 3 is 2.71 bits per heavy atom. The molecule has 3 aromatic rings. The van der Waals surface area contributed by atoms with E-state index < -0.39 is 0 Å². The summed E-state index contributed by atoms with van der Waals surface area (Å²) in [5.74, 6) is 1.49. The Labute approximate surface area is 142 Å². The molecule has 0 saturated carbocycles. The molecule has 0 bridgehead atoms. The molecule has 2 aromatic heterocycles. The smallest absolute Gasteiger partial charge is 0.138 e. The van der Waals surface area contributed by atoms with Gasteiger partial charge in [0.1, 0.15) is 11.4 Å². The summed E-state index contributed by atoms with van der Waals surface area (Å²) < 4.78 is 5.59. The zero-order chi connectivity index (χ0) is 16.5. The fourth-order valence-electron chi connectivity index (χ4n) is 3.67. The number of rotatable bonds is 3. The summed E-state index contributed by atoms with van der Waals surface area (Å²) in [6, 6.07) is 10.7. The van der Waals surface area contributed by atoms with E-state index in [1.165, 1.54) is 35.0 Å². The average Bonchev–Trinajstić information content (AvgIpc) is 3.06. The second-order valence-electron chi connectivity index (χ2n) is 6.57. The Bertz CT molecular complexity index is 862. The summed E-state index contributed by atoms with van der Waals surface area (Å²) in [7, 11) is 1.73. The van der Waals surface area contributed by atoms with E-state index in [-0.39, 0.29) is 0 Å². The third-order valence-electron chi connectivity index (χ3n) is 4.98. The number of H-pyrrole nitrogens is 1. The van der Waals surface area contributed by atoms with Gasteiger partial charge < -0.3 is 15.0 Å². The van der Waals surface area contributed by atoms with Crippen LogP contribution in [-0.2, 0) is 0 Å². The predicted octanol–water partition coefficient (Wildman–Crippen LogP) is 4.01. The highest BCUT2D eigenvalue weighted by Gasteiger charge is 2.19. The number of ether oxygens (including phenoxy) is 1. The lowest BCUT2D eigenvalue weighted by atomic mass is 9.94. The van der Waals surface area contributed by atoms with E-state index in [0.29, 0.717) is 5.92 Å². The van der Waals surface area contributed by atoms with Gasteiger partial charge in [-0.1, -0.05) is 11.6 Å². The first-order chi connectivity index (χ1) is 11.8. The van der Waals surface area contributed by atoms with Crippen molar-refractivity contribution < 1.29 is 4.74 Å². The fourth-order valence-corrected chi connectivity index (χ4v) is 3.67. The molecule has 2 N–H and O–H groups in total. The van der Waals surface area contributed by atoms with Crippen molar-refractivity contribution in [1.29, 1.82) is 0 Å². The number of aromatic amines is 1. The van der Waals surface area contributed by atoms with Gasteiger partial charge in [-0.05, 0) is 62.7 Å². The molecule has 1 aliphatic rings. The lowest BCUT2D eigenvalue weighted by molar-refractivity contribution is 0.416. The van der Waals surface area contributed by atoms with E-state index in [2.05, 4.69) is 46.5 Å². The van der Waals surface area contributed by atoms with Crippen molar-refractivity contribution >= 4 is 11.0 Å². The first-order valence-corrected chi connectivity index (χ1v) is 8.59. The minimum absolute atomic E-state index is 0.590. The number of hydrogen-bond acceptors (Lipinski definition) is 3. The van der Waals surface area contributed by atoms with Crippen molar-refractivity contribution in [2.24, 2.45) is 0 Å². The van der Waals surface area contributed by atoms with Gasteiger partial charge in [0.05, 0.1) is 7.11 Å². The molecule has 0 amide bonds. The highest BCUT2D eigenvalue weighted by atomic mass is 16.5. The molecule has 24 heavy (non-hydrogen) atoms. The number of piperidine rings is 1. The predicted molar refractivity (Wildman–Crippen MR) is 97.7 cm³/mol. The number of pyridine rings is 1. The van der Waals surface area contributed by atoms with Crippen LogP contribution in [0.4, 0.5) is 0 Å². The van der Waals surface area contributed by atoms with Crippen molar-refractivity contribution in [2.75, 3.05) is 20.2 Å². The Hall–Kier alpha value is -2.33. The average molecular weight is 321 g/mol. The molecule has 1 fully saturated rings. The molecule has 1 aliphatic heterocycles. The minimum Gasteiger partial charge on any atom is -0.496 e. The topological polar surface area (TPSA) is 49.9 Å². The second kappa shape index (κ2) is 6.29. The van der Waals surface area contributed by atoms with Crippen molar-refractivity contribution in [3.8, 4) is 16.9 Å². The van der Waals surface area contributed by atoms with Crippen molar-refractivity contribution in [3.63, 3.8) is 0 Å². The molecule has 0 aliphatic carbocycles. The third-order valence-corrected chi connectivity index (χ3v) is 4.98. The molecule has 4 rings (SSSR count). The Morgan fingerprint density at radius 2 is 1.92 bits per heavy atom. The lowest BCUT2D eigenvalue weighted by Crippen LogP contribution is -2.26. The first kappa shape index (κ1) is 15.2. The van der Waals surface area contributed by atoms with E-state index in [1.807, 2.05) is 12.3 Å². The molecule has 1 saturated heterocycles. The van der Waals surface area contributed by atoms with E-state index in [4.69, 9.17) is 4.74 Å². The highest BCUT2D eigenvalue weighted by Crippen LogP contribution is 2.37. The van der Waals surface area contributed by atoms with Crippen LogP contribution in [0.15, 0.2) is 36.5 Å². The van der Waals surface area contributed by atoms with Crippen LogP contribution in [0.25, 0.3) is 22.2 Å². The lowest BCUT2D eigenvalue weighted by Gasteiger charge is -2.21. The molecule has 1 aromatic carbocycles. The molecule has 0 atom stereocenters. The SMILES string of the molecule is COc1ccc(C)cc1-c1ccnc2[nH]c(C3CCNCC3)cc12. The van der Waals surface area contributed by atoms with Crippen LogP contribution in [0.2, 0.25) is 0 Å². The normalized spacial score (nSPS) is 15.8. The summed E-state index contributed by atoms with van der Waals surface area (Å²) in [5.41, 5.74) is 5.80. The summed E-state index contributed by atoms with van der Waals surface area (Å²) >= 11 is 0. The van der Waals surface area contributed by atoms with E-state index in [0.717, 1.165) is 30.0 Å². The number of aromatic nitrogens is 2. The van der Waals surface area contributed by atoms with Gasteiger partial charge in [-0.25, -0.2) is 4.98 Å². The van der Waals surface area contributed by atoms with Gasteiger partial charge in [0, 0.05) is 28.8 Å². The maximum absolute atomic E-state index is 5.59. The Kier molecular flexibility index (Phi) is 3.98. The zero-order valence-electron chi connectivity index (χ0n) is 14.2. The van der Waals surface area contributed by atoms with Gasteiger partial charge in [-0.15, -0.1) is 0 Å². The maximum Gasteiger partial charge on any atom is 0.138 e. The second-order valence-corrected chi connectivity index (χ2v) is 6.57. The van der Waals surface area contributed by atoms with Crippen molar-refractivity contribution in [3.05, 3.63) is 47.8 Å². The zero-order valence-corrected chi connectivity index (χ0v) is 14.2. The summed E-state index contributed by atoms with van der Waals surface area (Å²) in [4.78, 5) is 8.10. The quantitative estimate of drug-likeness (QED) is 0.766. The van der Waals surface area contributed by atoms with Crippen LogP contribution in [0.3, 0.4) is 0 Å². The number of nitrogens with zero attached hydrogens (tertiary/aromatic N) is 1. The van der Waals surface area contributed by atoms with Crippen LogP contribution in [0.1, 0.15) is 30.0 Å². The van der Waals surface area contributed by atoms with Crippen molar-refractivity contribution in [2.45, 2.75) is 25.7 Å². The number of nitrogens with one attached hydrogen (secondary N) is 2. The van der Waals surface area contributed by atoms with E-state index in [1.54, 1.807) is 7.11 Å². The van der Waals surface area contributed by atoms with Gasteiger partial charge >= 0.3 is 0 Å². The number of benzene rings is 1. The van der Waals surface area contributed by atoms with Crippen molar-refractivity contribution in [1.82, 2.24) is 15.3 Å². The molecule has 0 unspecified atom stereocenters. The molecule has 4 heteroatoms. The molecular formula is C20H23N3O. The van der Waals surface area contributed by atoms with Gasteiger partial charge in [0.25, 0.3) is 0 Å². The number of aryl methyl sites for hydroxylation is 1. The standard InChI is InChI=1S/C20H23N3O/c1-13-3-4-19(24-2)16(11-13)15-7-10-22-20-17(15)12-18(23-20)14-5-8-21-9-6-14/h3-4,7,10-12,14,21H,5-6,8-9H2,1-2H3,(H,22,23). The Morgan fingerprint density at radius 1 is 1.08 bits per heavy atom. The van der Waals surface area contributed by atoms with E-state index >= 15 is 0 Å². The monoisotopic (exact) mass is 321 g/mol. The van der Waals surface area contributed by atoms with E-state index in [9.17, 15) is 0 Å². The number of fused-ring (bicyclic) bond motifs is 1. The van der Waals surface area contributed by atoms with Gasteiger partial charge in [0.15, 0.2) is 0 Å². The fraction of sp³-hybridized carbons (Fsp3) is 0.350. The maximum atomic E-state index is 5.59. The van der Waals surface area contributed by atoms with Crippen LogP contribution < -0.4 is 10.1 Å². The summed E-state index contributed by atoms with van der Waals surface area (Å²) in [6.45, 7) is 4.29. The highest BCUT2D eigenvalue weighted by molar-refractivity contribution is 5.95. The number of methoxy groups -OCH3 is 1. The van der Waals surface area contributed by atoms with Crippen LogP contribution in [0, 0.1) is 6.92 Å². The summed E-state index contributed by atoms with van der Waals surface area (Å²) in [6.07, 6.45) is 4.23. The molecule has 0 radical (unpaired) electrons. The van der Waals surface area contributed by atoms with Crippen LogP contribution in [0.5, 0.6) is 5.75 Å². The van der Waals surface area contributed by atoms with Gasteiger partial charge in [0.2, 0.25) is 0 Å². The molecule has 3 heterocycles. The molecular weight excluding hydrogens is 298 g/mol. The van der Waals surface area contributed by atoms with Gasteiger partial charge in [-0.2, -0.15) is 0 Å². The van der Waals surface area contributed by atoms with Gasteiger partial charge in [-0.3, -0.25) is 0 Å². The summed E-state index contributed by atoms with van der Waals surface area (Å²) in [5, 5.41) is 4.61. The first-order valence-electron chi connectivity index (χ1n) is 8.59. The third kappa shape index (κ3) is 2.67. The van der Waals surface area contributed by atoms with Crippen LogP contribution >= 0.6 is 0 Å². The minimum atomic E-state index is 0.590. The Balaban J connectivity index is 1.84. The molecule has 4 nitrogen and oxygen atoms in total. The van der Waals surface area contributed by atoms with Crippen LogP contribution in [-0.4, -0.2) is 30.2 Å². The molecule has 0 spiro atoms. The largest absolute Gasteiger partial charge is 0.496 e. The number of hydrogen-bond donors (Lipinski definition) is 2. The molecule has 124 valence electrons.